The fraction of sp³-hybridized carbons (Fsp3) is 0.273. The van der Waals surface area contributed by atoms with Crippen molar-refractivity contribution in [2.24, 2.45) is 0 Å². The SMILES string of the molecule is Cc1noc(NS(=O)(=O)c2ccc(NC(=O)Cc3ccc4c(c3)OCCCO4)cc2)c1C. The molecule has 168 valence electrons. The Balaban J connectivity index is 1.39. The highest BCUT2D eigenvalue weighted by Gasteiger charge is 2.19. The van der Waals surface area contributed by atoms with Gasteiger partial charge in [-0.1, -0.05) is 11.2 Å². The van der Waals surface area contributed by atoms with Crippen LogP contribution in [0.2, 0.25) is 0 Å². The van der Waals surface area contributed by atoms with E-state index in [0.717, 1.165) is 12.0 Å². The number of aryl methyl sites for hydroxylation is 1. The number of rotatable bonds is 6. The molecule has 4 rings (SSSR count). The first-order valence-corrected chi connectivity index (χ1v) is 11.5. The minimum atomic E-state index is -3.85. The second-order valence-electron chi connectivity index (χ2n) is 7.41. The lowest BCUT2D eigenvalue weighted by molar-refractivity contribution is -0.115. The molecule has 0 fully saturated rings. The second kappa shape index (κ2) is 8.91. The van der Waals surface area contributed by atoms with Gasteiger partial charge in [-0.05, 0) is 55.8 Å². The molecule has 1 aliphatic rings. The van der Waals surface area contributed by atoms with Crippen molar-refractivity contribution in [1.82, 2.24) is 5.16 Å². The number of hydrogen-bond donors (Lipinski definition) is 2. The van der Waals surface area contributed by atoms with Crippen LogP contribution in [0.25, 0.3) is 0 Å². The molecule has 1 amide bonds. The van der Waals surface area contributed by atoms with E-state index >= 15 is 0 Å². The Morgan fingerprint density at radius 3 is 2.44 bits per heavy atom. The number of sulfonamides is 1. The molecule has 0 bridgehead atoms. The Bertz CT molecular complexity index is 1240. The Kier molecular flexibility index (Phi) is 6.04. The van der Waals surface area contributed by atoms with Crippen LogP contribution >= 0.6 is 0 Å². The van der Waals surface area contributed by atoms with Crippen molar-refractivity contribution >= 4 is 27.5 Å². The van der Waals surface area contributed by atoms with Gasteiger partial charge in [0.05, 0.1) is 30.2 Å². The van der Waals surface area contributed by atoms with E-state index in [4.69, 9.17) is 14.0 Å². The van der Waals surface area contributed by atoms with Crippen molar-refractivity contribution in [2.75, 3.05) is 23.3 Å². The van der Waals surface area contributed by atoms with Gasteiger partial charge in [-0.3, -0.25) is 4.79 Å². The molecule has 9 nitrogen and oxygen atoms in total. The number of nitrogens with zero attached hydrogens (tertiary/aromatic N) is 1. The molecule has 2 N–H and O–H groups in total. The van der Waals surface area contributed by atoms with Crippen molar-refractivity contribution in [3.63, 3.8) is 0 Å². The van der Waals surface area contributed by atoms with Crippen LogP contribution in [0.5, 0.6) is 11.5 Å². The monoisotopic (exact) mass is 457 g/mol. The first-order valence-electron chi connectivity index (χ1n) is 10.1. The molecule has 0 spiro atoms. The molecule has 0 saturated carbocycles. The van der Waals surface area contributed by atoms with Crippen LogP contribution in [0.15, 0.2) is 51.9 Å². The van der Waals surface area contributed by atoms with E-state index in [-0.39, 0.29) is 23.1 Å². The standard InChI is InChI=1S/C22H23N3O6S/c1-14-15(2)24-31-22(14)25-32(27,28)18-7-5-17(6-8-18)23-21(26)13-16-4-9-19-20(12-16)30-11-3-10-29-19/h4-9,12,25H,3,10-11,13H2,1-2H3,(H,23,26). The Morgan fingerprint density at radius 1 is 1.03 bits per heavy atom. The highest BCUT2D eigenvalue weighted by molar-refractivity contribution is 7.92. The van der Waals surface area contributed by atoms with E-state index in [1.807, 2.05) is 6.07 Å². The maximum absolute atomic E-state index is 12.6. The number of amides is 1. The van der Waals surface area contributed by atoms with Gasteiger partial charge in [-0.2, -0.15) is 0 Å². The molecule has 0 saturated heterocycles. The van der Waals surface area contributed by atoms with E-state index in [1.165, 1.54) is 24.3 Å². The van der Waals surface area contributed by atoms with Crippen molar-refractivity contribution in [1.29, 1.82) is 0 Å². The lowest BCUT2D eigenvalue weighted by Crippen LogP contribution is -2.15. The largest absolute Gasteiger partial charge is 0.490 e. The fourth-order valence-electron chi connectivity index (χ4n) is 3.12. The smallest absolute Gasteiger partial charge is 0.264 e. The number of benzene rings is 2. The minimum Gasteiger partial charge on any atom is -0.490 e. The molecule has 1 aromatic heterocycles. The summed E-state index contributed by atoms with van der Waals surface area (Å²) in [5, 5.41) is 6.51. The Morgan fingerprint density at radius 2 is 1.75 bits per heavy atom. The number of anilines is 2. The zero-order chi connectivity index (χ0) is 22.7. The number of carbonyl (C=O) groups excluding carboxylic acids is 1. The third-order valence-corrected chi connectivity index (χ3v) is 6.36. The zero-order valence-electron chi connectivity index (χ0n) is 17.7. The van der Waals surface area contributed by atoms with Crippen LogP contribution in [0, 0.1) is 13.8 Å². The van der Waals surface area contributed by atoms with Gasteiger partial charge >= 0.3 is 0 Å². The predicted octanol–water partition coefficient (Wildman–Crippen LogP) is 3.43. The summed E-state index contributed by atoms with van der Waals surface area (Å²) >= 11 is 0. The highest BCUT2D eigenvalue weighted by Crippen LogP contribution is 2.30. The molecule has 0 unspecified atom stereocenters. The molecule has 32 heavy (non-hydrogen) atoms. The predicted molar refractivity (Wildman–Crippen MR) is 118 cm³/mol. The molecule has 0 radical (unpaired) electrons. The van der Waals surface area contributed by atoms with Crippen LogP contribution in [0.4, 0.5) is 11.6 Å². The van der Waals surface area contributed by atoms with Gasteiger partial charge in [-0.15, -0.1) is 0 Å². The van der Waals surface area contributed by atoms with E-state index in [1.54, 1.807) is 26.0 Å². The molecular weight excluding hydrogens is 434 g/mol. The quantitative estimate of drug-likeness (QED) is 0.582. The van der Waals surface area contributed by atoms with E-state index < -0.39 is 10.0 Å². The van der Waals surface area contributed by atoms with E-state index in [9.17, 15) is 13.2 Å². The van der Waals surface area contributed by atoms with Gasteiger partial charge in [-0.25, -0.2) is 13.1 Å². The number of ether oxygens (including phenoxy) is 2. The van der Waals surface area contributed by atoms with Crippen molar-refractivity contribution in [2.45, 2.75) is 31.6 Å². The van der Waals surface area contributed by atoms with Gasteiger partial charge in [0, 0.05) is 17.7 Å². The normalized spacial score (nSPS) is 13.3. The number of hydrogen-bond acceptors (Lipinski definition) is 7. The number of carbonyl (C=O) groups is 1. The summed E-state index contributed by atoms with van der Waals surface area (Å²) < 4.78 is 43.8. The molecule has 0 aliphatic carbocycles. The first kappa shape index (κ1) is 21.7. The summed E-state index contributed by atoms with van der Waals surface area (Å²) in [6.07, 6.45) is 0.950. The maximum Gasteiger partial charge on any atom is 0.264 e. The number of nitrogens with one attached hydrogen (secondary N) is 2. The third-order valence-electron chi connectivity index (χ3n) is 5.01. The average molecular weight is 458 g/mol. The molecule has 3 aromatic rings. The molecule has 2 aromatic carbocycles. The Hall–Kier alpha value is -3.53. The fourth-order valence-corrected chi connectivity index (χ4v) is 4.16. The topological polar surface area (TPSA) is 120 Å². The van der Waals surface area contributed by atoms with Crippen molar-refractivity contribution in [3.8, 4) is 11.5 Å². The van der Waals surface area contributed by atoms with E-state index in [0.29, 0.717) is 41.7 Å². The highest BCUT2D eigenvalue weighted by atomic mass is 32.2. The van der Waals surface area contributed by atoms with Crippen molar-refractivity contribution in [3.05, 3.63) is 59.3 Å². The Labute approximate surface area is 185 Å². The summed E-state index contributed by atoms with van der Waals surface area (Å²) in [4.78, 5) is 12.5. The van der Waals surface area contributed by atoms with Crippen molar-refractivity contribution < 1.29 is 27.2 Å². The summed E-state index contributed by atoms with van der Waals surface area (Å²) in [6, 6.07) is 11.3. The molecule has 2 heterocycles. The summed E-state index contributed by atoms with van der Waals surface area (Å²) in [7, 11) is -3.85. The van der Waals surface area contributed by atoms with E-state index in [2.05, 4.69) is 15.2 Å². The third kappa shape index (κ3) is 4.86. The lowest BCUT2D eigenvalue weighted by atomic mass is 10.1. The summed E-state index contributed by atoms with van der Waals surface area (Å²) in [6.45, 7) is 4.61. The number of aromatic nitrogens is 1. The van der Waals surface area contributed by atoms with Crippen LogP contribution in [0.1, 0.15) is 23.2 Å². The van der Waals surface area contributed by atoms with Gasteiger partial charge in [0.1, 0.15) is 0 Å². The molecular formula is C22H23N3O6S. The summed E-state index contributed by atoms with van der Waals surface area (Å²) in [5.41, 5.74) is 2.49. The van der Waals surface area contributed by atoms with Crippen LogP contribution in [-0.4, -0.2) is 32.7 Å². The average Bonchev–Trinajstić information content (AvgIpc) is 2.94. The number of fused-ring (bicyclic) bond motifs is 1. The molecule has 0 atom stereocenters. The van der Waals surface area contributed by atoms with Crippen LogP contribution in [-0.2, 0) is 21.2 Å². The van der Waals surface area contributed by atoms with Gasteiger partial charge in [0.2, 0.25) is 11.8 Å². The van der Waals surface area contributed by atoms with Crippen LogP contribution in [0.3, 0.4) is 0 Å². The lowest BCUT2D eigenvalue weighted by Gasteiger charge is -2.10. The second-order valence-corrected chi connectivity index (χ2v) is 9.09. The van der Waals surface area contributed by atoms with Gasteiger partial charge in [0.25, 0.3) is 10.0 Å². The first-order chi connectivity index (χ1) is 15.3. The van der Waals surface area contributed by atoms with Gasteiger partial charge in [0.15, 0.2) is 11.5 Å². The molecule has 10 heteroatoms. The van der Waals surface area contributed by atoms with Crippen LogP contribution < -0.4 is 19.5 Å². The maximum atomic E-state index is 12.6. The van der Waals surface area contributed by atoms with Gasteiger partial charge < -0.3 is 19.3 Å². The minimum absolute atomic E-state index is 0.0341. The summed E-state index contributed by atoms with van der Waals surface area (Å²) in [5.74, 6) is 1.15. The molecule has 1 aliphatic heterocycles. The zero-order valence-corrected chi connectivity index (χ0v) is 18.5.